The van der Waals surface area contributed by atoms with Gasteiger partial charge in [-0.25, -0.2) is 4.79 Å². The Morgan fingerprint density at radius 1 is 1.37 bits per heavy atom. The van der Waals surface area contributed by atoms with E-state index in [9.17, 15) is 4.79 Å². The van der Waals surface area contributed by atoms with Crippen molar-refractivity contribution in [1.82, 2.24) is 4.90 Å². The molecule has 1 N–H and O–H groups in total. The van der Waals surface area contributed by atoms with Gasteiger partial charge in [0.1, 0.15) is 0 Å². The Bertz CT molecular complexity index is 294. The van der Waals surface area contributed by atoms with Gasteiger partial charge in [0.25, 0.3) is 0 Å². The van der Waals surface area contributed by atoms with Gasteiger partial charge in [0, 0.05) is 19.7 Å². The number of piperidine rings is 1. The first-order valence-corrected chi connectivity index (χ1v) is 7.64. The van der Waals surface area contributed by atoms with Gasteiger partial charge in [-0.2, -0.15) is 0 Å². The minimum absolute atomic E-state index is 0.551. The molecule has 1 saturated carbocycles. The fourth-order valence-corrected chi connectivity index (χ4v) is 3.97. The molecule has 4 nitrogen and oxygen atoms in total. The van der Waals surface area contributed by atoms with Crippen LogP contribution in [0, 0.1) is 17.8 Å². The minimum atomic E-state index is -0.828. The molecular weight excluding hydrogens is 242 g/mol. The van der Waals surface area contributed by atoms with E-state index in [1.807, 2.05) is 6.92 Å². The lowest BCUT2D eigenvalue weighted by atomic mass is 9.68. The van der Waals surface area contributed by atoms with Crippen LogP contribution in [0.2, 0.25) is 0 Å². The molecule has 2 unspecified atom stereocenters. The fraction of sp³-hybridized carbons (Fsp3) is 0.933. The van der Waals surface area contributed by atoms with Crippen molar-refractivity contribution in [2.45, 2.75) is 45.1 Å². The molecule has 0 aromatic carbocycles. The van der Waals surface area contributed by atoms with Crippen molar-refractivity contribution in [3.8, 4) is 0 Å². The van der Waals surface area contributed by atoms with Gasteiger partial charge in [0.15, 0.2) is 6.10 Å². The Morgan fingerprint density at radius 3 is 2.53 bits per heavy atom. The van der Waals surface area contributed by atoms with E-state index in [-0.39, 0.29) is 0 Å². The molecule has 2 aliphatic rings. The first-order chi connectivity index (χ1) is 9.11. The lowest BCUT2D eigenvalue weighted by Crippen LogP contribution is -2.47. The Labute approximate surface area is 116 Å². The van der Waals surface area contributed by atoms with Crippen molar-refractivity contribution in [3.05, 3.63) is 0 Å². The molecule has 0 aromatic heterocycles. The smallest absolute Gasteiger partial charge is 0.332 e. The van der Waals surface area contributed by atoms with E-state index >= 15 is 0 Å². The zero-order valence-electron chi connectivity index (χ0n) is 12.2. The van der Waals surface area contributed by atoms with Crippen molar-refractivity contribution >= 4 is 5.97 Å². The summed E-state index contributed by atoms with van der Waals surface area (Å²) in [6.45, 7) is 4.88. The number of fused-ring (bicyclic) bond motifs is 2. The normalized spacial score (nSPS) is 33.1. The molecule has 0 radical (unpaired) electrons. The third kappa shape index (κ3) is 3.69. The van der Waals surface area contributed by atoms with E-state index in [1.54, 1.807) is 0 Å². The van der Waals surface area contributed by atoms with E-state index in [4.69, 9.17) is 9.84 Å². The highest BCUT2D eigenvalue weighted by Crippen LogP contribution is 2.41. The molecule has 1 saturated heterocycles. The molecule has 19 heavy (non-hydrogen) atoms. The van der Waals surface area contributed by atoms with Gasteiger partial charge in [0.05, 0.1) is 0 Å². The summed E-state index contributed by atoms with van der Waals surface area (Å²) in [5.41, 5.74) is 0. The van der Waals surface area contributed by atoms with E-state index in [0.717, 1.165) is 24.2 Å². The summed E-state index contributed by atoms with van der Waals surface area (Å²) < 4.78 is 5.53. The number of rotatable bonds is 6. The average molecular weight is 269 g/mol. The molecule has 0 aromatic rings. The molecule has 2 rings (SSSR count). The summed E-state index contributed by atoms with van der Waals surface area (Å²) in [5, 5.41) is 8.97. The molecular formula is C15H27NO3. The summed E-state index contributed by atoms with van der Waals surface area (Å²) in [5.74, 6) is 1.51. The summed E-state index contributed by atoms with van der Waals surface area (Å²) in [6.07, 6.45) is 5.00. The molecule has 1 aliphatic heterocycles. The first-order valence-electron chi connectivity index (χ1n) is 7.64. The second kappa shape index (κ2) is 6.71. The van der Waals surface area contributed by atoms with Gasteiger partial charge in [-0.05, 0) is 50.5 Å². The van der Waals surface area contributed by atoms with Crippen LogP contribution in [0.4, 0.5) is 0 Å². The maximum Gasteiger partial charge on any atom is 0.332 e. The van der Waals surface area contributed by atoms with Crippen LogP contribution in [-0.2, 0) is 9.53 Å². The zero-order valence-corrected chi connectivity index (χ0v) is 12.2. The van der Waals surface area contributed by atoms with Crippen LogP contribution in [0.25, 0.3) is 0 Å². The van der Waals surface area contributed by atoms with Gasteiger partial charge < -0.3 is 14.7 Å². The maximum absolute atomic E-state index is 10.9. The second-order valence-corrected chi connectivity index (χ2v) is 6.23. The van der Waals surface area contributed by atoms with Crippen molar-refractivity contribution in [3.63, 3.8) is 0 Å². The molecule has 2 fully saturated rings. The Kier molecular flexibility index (Phi) is 5.22. The number of ether oxygens (including phenoxy) is 1. The second-order valence-electron chi connectivity index (χ2n) is 6.23. The number of carbonyl (C=O) groups is 1. The molecule has 0 spiro atoms. The average Bonchev–Trinajstić information content (AvgIpc) is 2.34. The number of carboxylic acid groups (broad SMARTS) is 1. The molecule has 0 amide bonds. The lowest BCUT2D eigenvalue weighted by Gasteiger charge is -2.46. The van der Waals surface area contributed by atoms with Crippen LogP contribution in [0.5, 0.6) is 0 Å². The third-order valence-electron chi connectivity index (χ3n) is 4.87. The highest BCUT2D eigenvalue weighted by molar-refractivity contribution is 5.72. The van der Waals surface area contributed by atoms with Gasteiger partial charge in [0.2, 0.25) is 0 Å². The number of hydrogen-bond acceptors (Lipinski definition) is 3. The van der Waals surface area contributed by atoms with Crippen LogP contribution >= 0.6 is 0 Å². The van der Waals surface area contributed by atoms with Crippen molar-refractivity contribution in [1.29, 1.82) is 0 Å². The molecule has 110 valence electrons. The van der Waals surface area contributed by atoms with Crippen LogP contribution in [0.15, 0.2) is 0 Å². The lowest BCUT2D eigenvalue weighted by molar-refractivity contribution is -0.151. The molecule has 4 atom stereocenters. The summed E-state index contributed by atoms with van der Waals surface area (Å²) in [4.78, 5) is 13.4. The Balaban J connectivity index is 1.80. The highest BCUT2D eigenvalue weighted by atomic mass is 16.5. The molecule has 1 aliphatic carbocycles. The predicted octanol–water partition coefficient (Wildman–Crippen LogP) is 2.23. The molecule has 4 heteroatoms. The van der Waals surface area contributed by atoms with Crippen molar-refractivity contribution in [2.24, 2.45) is 17.8 Å². The zero-order chi connectivity index (χ0) is 13.8. The first kappa shape index (κ1) is 14.8. The van der Waals surface area contributed by atoms with Crippen LogP contribution in [0.3, 0.4) is 0 Å². The third-order valence-corrected chi connectivity index (χ3v) is 4.87. The van der Waals surface area contributed by atoms with Crippen LogP contribution < -0.4 is 0 Å². The van der Waals surface area contributed by atoms with E-state index in [1.165, 1.54) is 32.4 Å². The molecule has 2 bridgehead atoms. The van der Waals surface area contributed by atoms with E-state index in [2.05, 4.69) is 11.9 Å². The number of carboxylic acids is 1. The topological polar surface area (TPSA) is 49.8 Å². The largest absolute Gasteiger partial charge is 0.479 e. The van der Waals surface area contributed by atoms with Crippen LogP contribution in [-0.4, -0.2) is 48.8 Å². The predicted molar refractivity (Wildman–Crippen MR) is 74.1 cm³/mol. The number of hydrogen-bond donors (Lipinski definition) is 1. The van der Waals surface area contributed by atoms with E-state index in [0.29, 0.717) is 13.0 Å². The SMILES string of the molecule is CCC(OCCC1[C@@H]2CCC[C@H]1CN(C)C2)C(=O)O. The van der Waals surface area contributed by atoms with Crippen LogP contribution in [0.1, 0.15) is 39.0 Å². The molecule has 1 heterocycles. The Morgan fingerprint density at radius 2 is 2.00 bits per heavy atom. The standard InChI is InChI=1S/C15H27NO3/c1-3-14(15(17)18)19-8-7-13-11-5-4-6-12(13)10-16(2)9-11/h11-14H,3-10H2,1-2H3,(H,17,18)/t11-,12+,13?,14?. The van der Waals surface area contributed by atoms with Gasteiger partial charge in [-0.1, -0.05) is 13.3 Å². The highest BCUT2D eigenvalue weighted by Gasteiger charge is 2.37. The number of aliphatic carboxylic acids is 1. The van der Waals surface area contributed by atoms with Crippen molar-refractivity contribution < 1.29 is 14.6 Å². The summed E-state index contributed by atoms with van der Waals surface area (Å²) in [7, 11) is 2.22. The summed E-state index contributed by atoms with van der Waals surface area (Å²) >= 11 is 0. The number of likely N-dealkylation sites (tertiary alicyclic amines) is 1. The van der Waals surface area contributed by atoms with Gasteiger partial charge in [-0.3, -0.25) is 0 Å². The minimum Gasteiger partial charge on any atom is -0.479 e. The number of nitrogens with zero attached hydrogens (tertiary/aromatic N) is 1. The van der Waals surface area contributed by atoms with Gasteiger partial charge in [-0.15, -0.1) is 0 Å². The Hall–Kier alpha value is -0.610. The summed E-state index contributed by atoms with van der Waals surface area (Å²) in [6, 6.07) is 0. The monoisotopic (exact) mass is 269 g/mol. The van der Waals surface area contributed by atoms with E-state index < -0.39 is 12.1 Å². The maximum atomic E-state index is 10.9. The fourth-order valence-electron chi connectivity index (χ4n) is 3.97. The van der Waals surface area contributed by atoms with Gasteiger partial charge >= 0.3 is 5.97 Å². The van der Waals surface area contributed by atoms with Crippen molar-refractivity contribution in [2.75, 3.05) is 26.7 Å². The quantitative estimate of drug-likeness (QED) is 0.803.